The summed E-state index contributed by atoms with van der Waals surface area (Å²) in [5, 5.41) is 0. The topological polar surface area (TPSA) is 29.4 Å². The maximum absolute atomic E-state index is 12.5. The Bertz CT molecular complexity index is 769. The van der Waals surface area contributed by atoms with Gasteiger partial charge in [0.05, 0.1) is 5.71 Å². The van der Waals surface area contributed by atoms with Crippen LogP contribution in [0.3, 0.4) is 0 Å². The van der Waals surface area contributed by atoms with Crippen molar-refractivity contribution in [2.24, 2.45) is 4.99 Å². The van der Waals surface area contributed by atoms with Crippen LogP contribution >= 0.6 is 0 Å². The molecular formula is C17H13NO. The van der Waals surface area contributed by atoms with Crippen molar-refractivity contribution in [1.29, 1.82) is 0 Å². The number of hydrogen-bond acceptors (Lipinski definition) is 2. The van der Waals surface area contributed by atoms with E-state index in [-0.39, 0.29) is 7.21 Å². The first kappa shape index (κ1) is 11.4. The highest BCUT2D eigenvalue weighted by Crippen LogP contribution is 2.29. The Labute approximate surface area is 113 Å². The van der Waals surface area contributed by atoms with Gasteiger partial charge in [-0.2, -0.15) is 0 Å². The van der Waals surface area contributed by atoms with Crippen molar-refractivity contribution in [3.05, 3.63) is 70.3 Å². The standard InChI is InChI=1S/C17H11NO.H2/c1-3-11-7-6-10-14-15(11)16(18-2)12-8-4-5-9-13(12)17(14)19;/h1,4-10H,2H3;1H. The summed E-state index contributed by atoms with van der Waals surface area (Å²) in [5.74, 6) is 2.65. The van der Waals surface area contributed by atoms with Crippen LogP contribution in [0, 0.1) is 12.3 Å². The van der Waals surface area contributed by atoms with Gasteiger partial charge in [-0.25, -0.2) is 0 Å². The zero-order chi connectivity index (χ0) is 13.4. The lowest BCUT2D eigenvalue weighted by Gasteiger charge is -2.21. The number of ketones is 1. The van der Waals surface area contributed by atoms with Crippen LogP contribution in [-0.4, -0.2) is 18.5 Å². The van der Waals surface area contributed by atoms with Crippen molar-refractivity contribution in [3.63, 3.8) is 0 Å². The molecular weight excluding hydrogens is 234 g/mol. The van der Waals surface area contributed by atoms with E-state index in [1.54, 1.807) is 13.1 Å². The van der Waals surface area contributed by atoms with Gasteiger partial charge in [-0.1, -0.05) is 42.3 Å². The molecule has 1 aliphatic carbocycles. The van der Waals surface area contributed by atoms with E-state index < -0.39 is 0 Å². The third-order valence-electron chi connectivity index (χ3n) is 3.35. The molecule has 0 saturated carbocycles. The number of carbonyl (C=O) groups excluding carboxylic acids is 1. The summed E-state index contributed by atoms with van der Waals surface area (Å²) in [6, 6.07) is 13.0. The van der Waals surface area contributed by atoms with Gasteiger partial charge in [0, 0.05) is 36.3 Å². The van der Waals surface area contributed by atoms with Crippen molar-refractivity contribution < 1.29 is 6.22 Å². The van der Waals surface area contributed by atoms with E-state index in [9.17, 15) is 4.79 Å². The quantitative estimate of drug-likeness (QED) is 0.562. The fourth-order valence-corrected chi connectivity index (χ4v) is 2.52. The van der Waals surface area contributed by atoms with Gasteiger partial charge in [0.1, 0.15) is 0 Å². The number of carbonyl (C=O) groups is 1. The van der Waals surface area contributed by atoms with E-state index in [2.05, 4.69) is 10.9 Å². The van der Waals surface area contributed by atoms with Crippen molar-refractivity contribution >= 4 is 11.5 Å². The highest BCUT2D eigenvalue weighted by molar-refractivity contribution is 6.30. The van der Waals surface area contributed by atoms with Gasteiger partial charge >= 0.3 is 0 Å². The minimum atomic E-state index is 0. The molecule has 2 aromatic rings. The number of terminal acetylenes is 1. The molecule has 0 bridgehead atoms. The molecule has 0 amide bonds. The largest absolute Gasteiger partial charge is 0.289 e. The summed E-state index contributed by atoms with van der Waals surface area (Å²) < 4.78 is 0. The molecule has 3 rings (SSSR count). The first-order chi connectivity index (χ1) is 9.27. The molecule has 92 valence electrons. The van der Waals surface area contributed by atoms with Gasteiger partial charge in [0.15, 0.2) is 5.78 Å². The Balaban J connectivity index is 0.00000147. The lowest BCUT2D eigenvalue weighted by molar-refractivity contribution is 0.103. The van der Waals surface area contributed by atoms with Gasteiger partial charge in [-0.15, -0.1) is 6.42 Å². The summed E-state index contributed by atoms with van der Waals surface area (Å²) in [5.41, 5.74) is 4.45. The average Bonchev–Trinajstić information content (AvgIpc) is 2.47. The van der Waals surface area contributed by atoms with Gasteiger partial charge in [0.25, 0.3) is 0 Å². The Morgan fingerprint density at radius 2 is 1.74 bits per heavy atom. The summed E-state index contributed by atoms with van der Waals surface area (Å²) in [6.07, 6.45) is 5.54. The van der Waals surface area contributed by atoms with Crippen LogP contribution in [-0.2, 0) is 0 Å². The Hall–Kier alpha value is -2.66. The Kier molecular flexibility index (Phi) is 2.54. The van der Waals surface area contributed by atoms with Crippen LogP contribution < -0.4 is 0 Å². The molecule has 0 saturated heterocycles. The number of hydrogen-bond donors (Lipinski definition) is 0. The lowest BCUT2D eigenvalue weighted by Crippen LogP contribution is -2.22. The molecule has 0 radical (unpaired) electrons. The average molecular weight is 247 g/mol. The highest BCUT2D eigenvalue weighted by Gasteiger charge is 2.28. The molecule has 19 heavy (non-hydrogen) atoms. The molecule has 2 aromatic carbocycles. The Morgan fingerprint density at radius 3 is 2.42 bits per heavy atom. The molecule has 2 nitrogen and oxygen atoms in total. The highest BCUT2D eigenvalue weighted by atomic mass is 16.1. The molecule has 0 aliphatic heterocycles. The van der Waals surface area contributed by atoms with E-state index in [4.69, 9.17) is 6.42 Å². The first-order valence-electron chi connectivity index (χ1n) is 5.98. The number of nitrogens with zero attached hydrogens (tertiary/aromatic N) is 1. The first-order valence-corrected chi connectivity index (χ1v) is 5.98. The van der Waals surface area contributed by atoms with Crippen LogP contribution in [0.4, 0.5) is 0 Å². The van der Waals surface area contributed by atoms with Gasteiger partial charge in [0.2, 0.25) is 0 Å². The molecule has 0 unspecified atom stereocenters. The second-order valence-electron chi connectivity index (χ2n) is 4.32. The SMILES string of the molecule is C#Cc1cccc2c1C(=NC)c1ccccc1C2=O.[HH]. The summed E-state index contributed by atoms with van der Waals surface area (Å²) in [6.45, 7) is 0. The number of rotatable bonds is 0. The third kappa shape index (κ3) is 1.52. The van der Waals surface area contributed by atoms with Crippen LogP contribution in [0.2, 0.25) is 0 Å². The normalized spacial score (nSPS) is 14.7. The second kappa shape index (κ2) is 4.22. The number of aliphatic imine (C=N–C) groups is 1. The molecule has 0 aromatic heterocycles. The van der Waals surface area contributed by atoms with E-state index in [1.807, 2.05) is 36.4 Å². The third-order valence-corrected chi connectivity index (χ3v) is 3.35. The summed E-state index contributed by atoms with van der Waals surface area (Å²) in [7, 11) is 1.72. The van der Waals surface area contributed by atoms with E-state index in [1.165, 1.54) is 0 Å². The monoisotopic (exact) mass is 247 g/mol. The predicted molar refractivity (Wildman–Crippen MR) is 77.9 cm³/mol. The van der Waals surface area contributed by atoms with Crippen LogP contribution in [0.5, 0.6) is 0 Å². The van der Waals surface area contributed by atoms with E-state index in [0.29, 0.717) is 16.7 Å². The van der Waals surface area contributed by atoms with Crippen molar-refractivity contribution in [2.45, 2.75) is 0 Å². The molecule has 1 aliphatic rings. The summed E-state index contributed by atoms with van der Waals surface area (Å²) in [4.78, 5) is 16.9. The lowest BCUT2D eigenvalue weighted by atomic mass is 9.81. The van der Waals surface area contributed by atoms with Gasteiger partial charge < -0.3 is 0 Å². The van der Waals surface area contributed by atoms with Crippen LogP contribution in [0.25, 0.3) is 0 Å². The molecule has 0 fully saturated rings. The van der Waals surface area contributed by atoms with Gasteiger partial charge in [-0.3, -0.25) is 9.79 Å². The Morgan fingerprint density at radius 1 is 1.05 bits per heavy atom. The molecule has 2 heteroatoms. The number of benzene rings is 2. The second-order valence-corrected chi connectivity index (χ2v) is 4.32. The number of fused-ring (bicyclic) bond motifs is 2. The molecule has 0 heterocycles. The molecule has 0 atom stereocenters. The minimum Gasteiger partial charge on any atom is -0.289 e. The molecule has 0 spiro atoms. The predicted octanol–water partition coefficient (Wildman–Crippen LogP) is 2.93. The van der Waals surface area contributed by atoms with E-state index >= 15 is 0 Å². The summed E-state index contributed by atoms with van der Waals surface area (Å²) >= 11 is 0. The fourth-order valence-electron chi connectivity index (χ4n) is 2.52. The van der Waals surface area contributed by atoms with Crippen molar-refractivity contribution in [2.75, 3.05) is 7.05 Å². The van der Waals surface area contributed by atoms with Gasteiger partial charge in [-0.05, 0) is 6.07 Å². The van der Waals surface area contributed by atoms with E-state index in [0.717, 1.165) is 16.8 Å². The minimum absolute atomic E-state index is 0. The smallest absolute Gasteiger partial charge is 0.194 e. The van der Waals surface area contributed by atoms with Crippen LogP contribution in [0.1, 0.15) is 34.0 Å². The maximum atomic E-state index is 12.5. The molecule has 0 N–H and O–H groups in total. The zero-order valence-corrected chi connectivity index (χ0v) is 10.5. The zero-order valence-electron chi connectivity index (χ0n) is 10.5. The van der Waals surface area contributed by atoms with Crippen molar-refractivity contribution in [3.8, 4) is 12.3 Å². The maximum Gasteiger partial charge on any atom is 0.194 e. The fraction of sp³-hybridized carbons (Fsp3) is 0.0588. The van der Waals surface area contributed by atoms with Crippen LogP contribution in [0.15, 0.2) is 47.5 Å². The van der Waals surface area contributed by atoms with Crippen molar-refractivity contribution in [1.82, 2.24) is 0 Å².